The molecule has 0 aliphatic carbocycles. The van der Waals surface area contributed by atoms with Gasteiger partial charge in [-0.1, -0.05) is 103 Å². The van der Waals surface area contributed by atoms with Gasteiger partial charge < -0.3 is 0 Å². The lowest BCUT2D eigenvalue weighted by Gasteiger charge is -2.12. The highest BCUT2D eigenvalue weighted by atomic mass is 14.1. The zero-order valence-electron chi connectivity index (χ0n) is 14.3. The molecule has 25 heavy (non-hydrogen) atoms. The molecule has 0 radical (unpaired) electrons. The molecule has 0 heteroatoms. The molecular formula is C25H20. The summed E-state index contributed by atoms with van der Waals surface area (Å²) in [4.78, 5) is 0. The van der Waals surface area contributed by atoms with Crippen LogP contribution in [-0.2, 0) is 0 Å². The van der Waals surface area contributed by atoms with Crippen molar-refractivity contribution in [1.29, 1.82) is 0 Å². The van der Waals surface area contributed by atoms with Gasteiger partial charge in [0.2, 0.25) is 0 Å². The molecule has 0 aliphatic heterocycles. The Balaban J connectivity index is 1.83. The van der Waals surface area contributed by atoms with Crippen LogP contribution in [0.3, 0.4) is 0 Å². The average Bonchev–Trinajstić information content (AvgIpc) is 2.69. The van der Waals surface area contributed by atoms with Gasteiger partial charge in [-0.25, -0.2) is 0 Å². The van der Waals surface area contributed by atoms with E-state index in [2.05, 4.69) is 110 Å². The lowest BCUT2D eigenvalue weighted by Crippen LogP contribution is -1.86. The molecule has 0 aromatic heterocycles. The predicted octanol–water partition coefficient (Wildman–Crippen LogP) is 7.00. The molecule has 0 nitrogen and oxygen atoms in total. The third kappa shape index (κ3) is 3.25. The number of benzene rings is 4. The molecule has 0 N–H and O–H groups in total. The highest BCUT2D eigenvalue weighted by molar-refractivity contribution is 5.85. The van der Waals surface area contributed by atoms with E-state index in [0.717, 1.165) is 0 Å². The molecule has 0 atom stereocenters. The van der Waals surface area contributed by atoms with Crippen molar-refractivity contribution in [3.8, 4) is 33.4 Å². The van der Waals surface area contributed by atoms with Crippen LogP contribution in [0.4, 0.5) is 0 Å². The maximum Gasteiger partial charge on any atom is -0.0105 e. The summed E-state index contributed by atoms with van der Waals surface area (Å²) in [7, 11) is 0. The van der Waals surface area contributed by atoms with Gasteiger partial charge in [-0.2, -0.15) is 0 Å². The van der Waals surface area contributed by atoms with Crippen molar-refractivity contribution in [3.05, 3.63) is 109 Å². The van der Waals surface area contributed by atoms with Gasteiger partial charge in [-0.3, -0.25) is 0 Å². The molecule has 0 aliphatic rings. The van der Waals surface area contributed by atoms with Gasteiger partial charge in [-0.15, -0.1) is 0 Å². The molecule has 0 heterocycles. The Morgan fingerprint density at radius 3 is 1.64 bits per heavy atom. The second-order valence-electron chi connectivity index (χ2n) is 6.36. The predicted molar refractivity (Wildman–Crippen MR) is 107 cm³/mol. The molecule has 0 amide bonds. The van der Waals surface area contributed by atoms with Crippen LogP contribution in [-0.4, -0.2) is 0 Å². The van der Waals surface area contributed by atoms with Crippen molar-refractivity contribution in [1.82, 2.24) is 0 Å². The van der Waals surface area contributed by atoms with Gasteiger partial charge >= 0.3 is 0 Å². The van der Waals surface area contributed by atoms with E-state index in [-0.39, 0.29) is 0 Å². The van der Waals surface area contributed by atoms with Crippen molar-refractivity contribution >= 4 is 0 Å². The Morgan fingerprint density at radius 1 is 0.400 bits per heavy atom. The van der Waals surface area contributed by atoms with Crippen molar-refractivity contribution < 1.29 is 0 Å². The summed E-state index contributed by atoms with van der Waals surface area (Å²) >= 11 is 0. The molecule has 0 saturated heterocycles. The van der Waals surface area contributed by atoms with Gasteiger partial charge in [0.25, 0.3) is 0 Å². The fourth-order valence-electron chi connectivity index (χ4n) is 3.30. The van der Waals surface area contributed by atoms with Crippen LogP contribution in [0.1, 0.15) is 5.56 Å². The molecular weight excluding hydrogens is 300 g/mol. The van der Waals surface area contributed by atoms with E-state index < -0.39 is 0 Å². The third-order valence-corrected chi connectivity index (χ3v) is 4.54. The maximum absolute atomic E-state index is 2.29. The van der Waals surface area contributed by atoms with Gasteiger partial charge in [0.1, 0.15) is 0 Å². The first kappa shape index (κ1) is 15.4. The minimum atomic E-state index is 1.25. The van der Waals surface area contributed by atoms with Crippen LogP contribution >= 0.6 is 0 Å². The molecule has 4 aromatic carbocycles. The highest BCUT2D eigenvalue weighted by Gasteiger charge is 2.08. The van der Waals surface area contributed by atoms with Crippen LogP contribution in [0, 0.1) is 6.92 Å². The Morgan fingerprint density at radius 2 is 0.920 bits per heavy atom. The summed E-state index contributed by atoms with van der Waals surface area (Å²) in [6.07, 6.45) is 0. The van der Waals surface area contributed by atoms with Crippen LogP contribution in [0.2, 0.25) is 0 Å². The molecule has 0 bridgehead atoms. The SMILES string of the molecule is Cc1cccc(-c2cccc(-c3ccccc3-c3ccccc3)c2)c1. The average molecular weight is 320 g/mol. The first-order valence-corrected chi connectivity index (χ1v) is 8.63. The van der Waals surface area contributed by atoms with Crippen LogP contribution < -0.4 is 0 Å². The zero-order valence-corrected chi connectivity index (χ0v) is 14.3. The van der Waals surface area contributed by atoms with E-state index in [1.165, 1.54) is 38.9 Å². The van der Waals surface area contributed by atoms with E-state index in [9.17, 15) is 0 Å². The maximum atomic E-state index is 2.29. The quantitative estimate of drug-likeness (QED) is 0.381. The number of aryl methyl sites for hydroxylation is 1. The fourth-order valence-corrected chi connectivity index (χ4v) is 3.30. The number of hydrogen-bond donors (Lipinski definition) is 0. The van der Waals surface area contributed by atoms with E-state index in [1.54, 1.807) is 0 Å². The van der Waals surface area contributed by atoms with Crippen LogP contribution in [0.15, 0.2) is 103 Å². The van der Waals surface area contributed by atoms with Crippen molar-refractivity contribution in [2.75, 3.05) is 0 Å². The Kier molecular flexibility index (Phi) is 4.18. The largest absolute Gasteiger partial charge is 0.0622 e. The van der Waals surface area contributed by atoms with Gasteiger partial charge in [0.15, 0.2) is 0 Å². The molecule has 0 saturated carbocycles. The van der Waals surface area contributed by atoms with Crippen molar-refractivity contribution in [2.24, 2.45) is 0 Å². The number of rotatable bonds is 3. The molecule has 4 rings (SSSR count). The highest BCUT2D eigenvalue weighted by Crippen LogP contribution is 2.34. The summed E-state index contributed by atoms with van der Waals surface area (Å²) in [5, 5.41) is 0. The van der Waals surface area contributed by atoms with Gasteiger partial charge in [0, 0.05) is 0 Å². The summed E-state index contributed by atoms with van der Waals surface area (Å²) in [6, 6.07) is 36.7. The molecule has 120 valence electrons. The first-order chi connectivity index (χ1) is 12.3. The standard InChI is InChI=1S/C25H20/c1-19-9-7-12-21(17-19)22-13-8-14-23(18-22)25-16-6-5-15-24(25)20-10-3-2-4-11-20/h2-18H,1H3. The minimum Gasteiger partial charge on any atom is -0.0622 e. The normalized spacial score (nSPS) is 10.6. The third-order valence-electron chi connectivity index (χ3n) is 4.54. The van der Waals surface area contributed by atoms with E-state index in [0.29, 0.717) is 0 Å². The lowest BCUT2D eigenvalue weighted by atomic mass is 9.92. The zero-order chi connectivity index (χ0) is 17.1. The summed E-state index contributed by atoms with van der Waals surface area (Å²) < 4.78 is 0. The molecule has 4 aromatic rings. The van der Waals surface area contributed by atoms with E-state index in [1.807, 2.05) is 0 Å². The van der Waals surface area contributed by atoms with E-state index in [4.69, 9.17) is 0 Å². The molecule has 0 spiro atoms. The second-order valence-corrected chi connectivity index (χ2v) is 6.36. The van der Waals surface area contributed by atoms with Gasteiger partial charge in [-0.05, 0) is 46.4 Å². The number of hydrogen-bond acceptors (Lipinski definition) is 0. The first-order valence-electron chi connectivity index (χ1n) is 8.63. The van der Waals surface area contributed by atoms with Crippen molar-refractivity contribution in [3.63, 3.8) is 0 Å². The lowest BCUT2D eigenvalue weighted by molar-refractivity contribution is 1.47. The monoisotopic (exact) mass is 320 g/mol. The Labute approximate surface area is 149 Å². The van der Waals surface area contributed by atoms with Crippen molar-refractivity contribution in [2.45, 2.75) is 6.92 Å². The molecule has 0 fully saturated rings. The van der Waals surface area contributed by atoms with Crippen LogP contribution in [0.25, 0.3) is 33.4 Å². The topological polar surface area (TPSA) is 0 Å². The molecule has 0 unspecified atom stereocenters. The second kappa shape index (κ2) is 6.78. The van der Waals surface area contributed by atoms with E-state index >= 15 is 0 Å². The summed E-state index contributed by atoms with van der Waals surface area (Å²) in [5.41, 5.74) is 8.83. The fraction of sp³-hybridized carbons (Fsp3) is 0.0400. The van der Waals surface area contributed by atoms with Gasteiger partial charge in [0.05, 0.1) is 0 Å². The summed E-state index contributed by atoms with van der Waals surface area (Å²) in [5.74, 6) is 0. The Bertz CT molecular complexity index is 997. The smallest absolute Gasteiger partial charge is 0.0105 e. The Hall–Kier alpha value is -3.12. The summed E-state index contributed by atoms with van der Waals surface area (Å²) in [6.45, 7) is 2.14. The van der Waals surface area contributed by atoms with Crippen LogP contribution in [0.5, 0.6) is 0 Å². The minimum absolute atomic E-state index is 1.25.